The SMILES string of the molecule is CCC(C#N)C1CCN(C(C)C)C1=O. The van der Waals surface area contributed by atoms with Crippen molar-refractivity contribution in [2.24, 2.45) is 11.8 Å². The number of likely N-dealkylation sites (tertiary alicyclic amines) is 1. The molecular formula is C11H18N2O. The van der Waals surface area contributed by atoms with Crippen molar-refractivity contribution in [1.82, 2.24) is 4.90 Å². The standard InChI is InChI=1S/C11H18N2O/c1-4-9(7-12)10-5-6-13(8(2)3)11(10)14/h8-10H,4-6H2,1-3H3. The number of amides is 1. The highest BCUT2D eigenvalue weighted by Gasteiger charge is 2.37. The summed E-state index contributed by atoms with van der Waals surface area (Å²) in [5.74, 6) is 0.0343. The van der Waals surface area contributed by atoms with Crippen molar-refractivity contribution in [2.45, 2.75) is 39.7 Å². The molecule has 0 aliphatic carbocycles. The van der Waals surface area contributed by atoms with E-state index < -0.39 is 0 Å². The molecule has 0 bridgehead atoms. The van der Waals surface area contributed by atoms with Crippen LogP contribution in [-0.2, 0) is 4.79 Å². The molecule has 3 nitrogen and oxygen atoms in total. The smallest absolute Gasteiger partial charge is 0.227 e. The van der Waals surface area contributed by atoms with Gasteiger partial charge in [0.1, 0.15) is 0 Å². The van der Waals surface area contributed by atoms with Gasteiger partial charge in [0, 0.05) is 12.6 Å². The second-order valence-electron chi connectivity index (χ2n) is 4.16. The number of hydrogen-bond donors (Lipinski definition) is 0. The molecule has 78 valence electrons. The lowest BCUT2D eigenvalue weighted by atomic mass is 9.90. The molecule has 1 aliphatic rings. The number of carbonyl (C=O) groups excluding carboxylic acids is 1. The van der Waals surface area contributed by atoms with Crippen LogP contribution in [0.3, 0.4) is 0 Å². The van der Waals surface area contributed by atoms with E-state index in [0.717, 1.165) is 19.4 Å². The van der Waals surface area contributed by atoms with Crippen molar-refractivity contribution >= 4 is 5.91 Å². The molecule has 2 atom stereocenters. The summed E-state index contributed by atoms with van der Waals surface area (Å²) in [6.45, 7) is 6.83. The molecule has 1 amide bonds. The summed E-state index contributed by atoms with van der Waals surface area (Å²) in [7, 11) is 0. The maximum atomic E-state index is 11.9. The molecule has 1 saturated heterocycles. The molecule has 0 saturated carbocycles. The van der Waals surface area contributed by atoms with Crippen molar-refractivity contribution in [3.63, 3.8) is 0 Å². The molecule has 1 rings (SSSR count). The average Bonchev–Trinajstić information content (AvgIpc) is 2.51. The summed E-state index contributed by atoms with van der Waals surface area (Å²) in [6.07, 6.45) is 1.63. The summed E-state index contributed by atoms with van der Waals surface area (Å²) in [4.78, 5) is 13.8. The summed E-state index contributed by atoms with van der Waals surface area (Å²) < 4.78 is 0. The van der Waals surface area contributed by atoms with Crippen LogP contribution in [0.5, 0.6) is 0 Å². The highest BCUT2D eigenvalue weighted by Crippen LogP contribution is 2.28. The number of hydrogen-bond acceptors (Lipinski definition) is 2. The molecule has 0 N–H and O–H groups in total. The molecule has 3 heteroatoms. The Morgan fingerprint density at radius 1 is 1.64 bits per heavy atom. The van der Waals surface area contributed by atoms with E-state index in [9.17, 15) is 4.79 Å². The normalized spacial score (nSPS) is 24.1. The van der Waals surface area contributed by atoms with Gasteiger partial charge < -0.3 is 4.90 Å². The molecule has 0 radical (unpaired) electrons. The van der Waals surface area contributed by atoms with Gasteiger partial charge in [-0.15, -0.1) is 0 Å². The Balaban J connectivity index is 2.69. The van der Waals surface area contributed by atoms with E-state index in [1.807, 2.05) is 25.7 Å². The van der Waals surface area contributed by atoms with Gasteiger partial charge in [-0.2, -0.15) is 5.26 Å². The zero-order chi connectivity index (χ0) is 10.7. The Hall–Kier alpha value is -1.04. The molecule has 0 aromatic heterocycles. The Kier molecular flexibility index (Phi) is 3.51. The predicted octanol–water partition coefficient (Wildman–Crippen LogP) is 1.79. The Morgan fingerprint density at radius 3 is 2.64 bits per heavy atom. The van der Waals surface area contributed by atoms with Crippen LogP contribution in [0.4, 0.5) is 0 Å². The summed E-state index contributed by atoms with van der Waals surface area (Å²) in [5, 5.41) is 8.91. The maximum absolute atomic E-state index is 11.9. The summed E-state index contributed by atoms with van der Waals surface area (Å²) in [5.41, 5.74) is 0. The molecule has 0 aromatic carbocycles. The molecule has 2 unspecified atom stereocenters. The molecule has 1 fully saturated rings. The second kappa shape index (κ2) is 4.45. The minimum absolute atomic E-state index is 0.0487. The van der Waals surface area contributed by atoms with Gasteiger partial charge in [0.15, 0.2) is 0 Å². The lowest BCUT2D eigenvalue weighted by Gasteiger charge is -2.21. The fourth-order valence-corrected chi connectivity index (χ4v) is 2.08. The zero-order valence-electron chi connectivity index (χ0n) is 9.16. The first-order valence-electron chi connectivity index (χ1n) is 5.31. The minimum Gasteiger partial charge on any atom is -0.340 e. The van der Waals surface area contributed by atoms with E-state index in [4.69, 9.17) is 5.26 Å². The van der Waals surface area contributed by atoms with Crippen molar-refractivity contribution in [1.29, 1.82) is 5.26 Å². The van der Waals surface area contributed by atoms with Crippen LogP contribution >= 0.6 is 0 Å². The Morgan fingerprint density at radius 2 is 2.29 bits per heavy atom. The number of nitrogens with zero attached hydrogens (tertiary/aromatic N) is 2. The first-order chi connectivity index (χ1) is 6.61. The third-order valence-corrected chi connectivity index (χ3v) is 3.00. The van der Waals surface area contributed by atoms with Gasteiger partial charge in [-0.3, -0.25) is 4.79 Å². The third-order valence-electron chi connectivity index (χ3n) is 3.00. The molecular weight excluding hydrogens is 176 g/mol. The van der Waals surface area contributed by atoms with Crippen LogP contribution < -0.4 is 0 Å². The van der Waals surface area contributed by atoms with Crippen LogP contribution in [-0.4, -0.2) is 23.4 Å². The van der Waals surface area contributed by atoms with Crippen LogP contribution in [0, 0.1) is 23.2 Å². The van der Waals surface area contributed by atoms with Gasteiger partial charge in [0.05, 0.1) is 17.9 Å². The highest BCUT2D eigenvalue weighted by atomic mass is 16.2. The van der Waals surface area contributed by atoms with E-state index >= 15 is 0 Å². The number of carbonyl (C=O) groups is 1. The van der Waals surface area contributed by atoms with Crippen molar-refractivity contribution < 1.29 is 4.79 Å². The highest BCUT2D eigenvalue weighted by molar-refractivity contribution is 5.81. The van der Waals surface area contributed by atoms with Gasteiger partial charge >= 0.3 is 0 Å². The van der Waals surface area contributed by atoms with Crippen molar-refractivity contribution in [3.05, 3.63) is 0 Å². The van der Waals surface area contributed by atoms with Crippen LogP contribution in [0.1, 0.15) is 33.6 Å². The van der Waals surface area contributed by atoms with E-state index in [1.54, 1.807) is 0 Å². The lowest BCUT2D eigenvalue weighted by molar-refractivity contribution is -0.133. The van der Waals surface area contributed by atoms with Crippen molar-refractivity contribution in [3.8, 4) is 6.07 Å². The molecule has 0 aromatic rings. The van der Waals surface area contributed by atoms with Gasteiger partial charge in [-0.05, 0) is 26.7 Å². The molecule has 0 spiro atoms. The second-order valence-corrected chi connectivity index (χ2v) is 4.16. The lowest BCUT2D eigenvalue weighted by Crippen LogP contribution is -2.35. The Bertz CT molecular complexity index is 255. The quantitative estimate of drug-likeness (QED) is 0.687. The van der Waals surface area contributed by atoms with Gasteiger partial charge in [-0.1, -0.05) is 6.92 Å². The molecule has 14 heavy (non-hydrogen) atoms. The predicted molar refractivity (Wildman–Crippen MR) is 54.4 cm³/mol. The fraction of sp³-hybridized carbons (Fsp3) is 0.818. The van der Waals surface area contributed by atoms with Crippen LogP contribution in [0.15, 0.2) is 0 Å². The van der Waals surface area contributed by atoms with Gasteiger partial charge in [0.25, 0.3) is 0 Å². The number of rotatable bonds is 3. The minimum atomic E-state index is -0.0914. The van der Waals surface area contributed by atoms with E-state index in [-0.39, 0.29) is 23.8 Å². The van der Waals surface area contributed by atoms with Gasteiger partial charge in [-0.25, -0.2) is 0 Å². The fourth-order valence-electron chi connectivity index (χ4n) is 2.08. The first-order valence-corrected chi connectivity index (χ1v) is 5.31. The van der Waals surface area contributed by atoms with Crippen LogP contribution in [0.25, 0.3) is 0 Å². The average molecular weight is 194 g/mol. The topological polar surface area (TPSA) is 44.1 Å². The maximum Gasteiger partial charge on any atom is 0.227 e. The summed E-state index contributed by atoms with van der Waals surface area (Å²) >= 11 is 0. The third kappa shape index (κ3) is 1.89. The van der Waals surface area contributed by atoms with Crippen LogP contribution in [0.2, 0.25) is 0 Å². The van der Waals surface area contributed by atoms with Crippen molar-refractivity contribution in [2.75, 3.05) is 6.54 Å². The van der Waals surface area contributed by atoms with E-state index in [0.29, 0.717) is 0 Å². The first kappa shape index (κ1) is 11.0. The summed E-state index contributed by atoms with van der Waals surface area (Å²) in [6, 6.07) is 2.50. The molecule has 1 heterocycles. The zero-order valence-corrected chi connectivity index (χ0v) is 9.16. The van der Waals surface area contributed by atoms with E-state index in [2.05, 4.69) is 6.07 Å². The van der Waals surface area contributed by atoms with Gasteiger partial charge in [0.2, 0.25) is 5.91 Å². The Labute approximate surface area is 85.7 Å². The number of nitriles is 1. The molecule has 1 aliphatic heterocycles. The van der Waals surface area contributed by atoms with E-state index in [1.165, 1.54) is 0 Å². The largest absolute Gasteiger partial charge is 0.340 e. The monoisotopic (exact) mass is 194 g/mol.